The summed E-state index contributed by atoms with van der Waals surface area (Å²) in [7, 11) is 3.27. The molecule has 1 heterocycles. The molecule has 1 saturated heterocycles. The van der Waals surface area contributed by atoms with Crippen molar-refractivity contribution in [3.63, 3.8) is 0 Å². The fourth-order valence-corrected chi connectivity index (χ4v) is 4.28. The van der Waals surface area contributed by atoms with E-state index in [9.17, 15) is 4.79 Å². The zero-order chi connectivity index (χ0) is 22.4. The number of hydrogen-bond donors (Lipinski definition) is 2. The average Bonchev–Trinajstić information content (AvgIpc) is 3.15. The number of carbonyl (C=O) groups excluding carboxylic acids is 1. The number of methoxy groups -OCH3 is 2. The van der Waals surface area contributed by atoms with Gasteiger partial charge in [-0.25, -0.2) is 0 Å². The van der Waals surface area contributed by atoms with Gasteiger partial charge >= 0.3 is 0 Å². The Morgan fingerprint density at radius 1 is 1.13 bits per heavy atom. The lowest BCUT2D eigenvalue weighted by atomic mass is 10.1. The largest absolute Gasteiger partial charge is 0.493 e. The van der Waals surface area contributed by atoms with Gasteiger partial charge < -0.3 is 20.1 Å². The number of halogens is 1. The third-order valence-corrected chi connectivity index (χ3v) is 5.90. The molecule has 0 radical (unpaired) electrons. The molecule has 1 amide bonds. The van der Waals surface area contributed by atoms with Gasteiger partial charge in [0.1, 0.15) is 0 Å². The predicted molar refractivity (Wildman–Crippen MR) is 124 cm³/mol. The highest BCUT2D eigenvalue weighted by atomic mass is 35.5. The number of ether oxygens (including phenoxy) is 2. The minimum Gasteiger partial charge on any atom is -0.493 e. The summed E-state index contributed by atoms with van der Waals surface area (Å²) in [6.07, 6.45) is 0.731. The van der Waals surface area contributed by atoms with E-state index in [4.69, 9.17) is 21.1 Å². The first-order valence-electron chi connectivity index (χ1n) is 10.6. The minimum atomic E-state index is -0.220. The summed E-state index contributed by atoms with van der Waals surface area (Å²) in [4.78, 5) is 15.2. The van der Waals surface area contributed by atoms with Crippen molar-refractivity contribution in [3.8, 4) is 11.5 Å². The van der Waals surface area contributed by atoms with Crippen LogP contribution in [0.5, 0.6) is 11.5 Å². The van der Waals surface area contributed by atoms with Crippen molar-refractivity contribution >= 4 is 17.5 Å². The van der Waals surface area contributed by atoms with Gasteiger partial charge in [-0.15, -0.1) is 0 Å². The highest BCUT2D eigenvalue weighted by Gasteiger charge is 2.37. The smallest absolute Gasteiger partial charge is 0.237 e. The van der Waals surface area contributed by atoms with Crippen molar-refractivity contribution in [2.24, 2.45) is 0 Å². The van der Waals surface area contributed by atoms with Gasteiger partial charge in [0, 0.05) is 42.3 Å². The van der Waals surface area contributed by atoms with Gasteiger partial charge in [0.2, 0.25) is 5.91 Å². The molecule has 2 atom stereocenters. The molecule has 2 aromatic rings. The Kier molecular flexibility index (Phi) is 8.18. The number of nitrogens with one attached hydrogen (secondary N) is 2. The molecule has 168 valence electrons. The Hall–Kier alpha value is -2.28. The van der Waals surface area contributed by atoms with Crippen LogP contribution in [0.4, 0.5) is 0 Å². The van der Waals surface area contributed by atoms with E-state index in [1.54, 1.807) is 14.2 Å². The van der Waals surface area contributed by atoms with Gasteiger partial charge in [0.15, 0.2) is 11.5 Å². The van der Waals surface area contributed by atoms with E-state index in [0.29, 0.717) is 24.6 Å². The second-order valence-corrected chi connectivity index (χ2v) is 8.57. The molecule has 0 bridgehead atoms. The van der Waals surface area contributed by atoms with Gasteiger partial charge in [-0.3, -0.25) is 9.69 Å². The number of para-hydroxylation sites is 1. The van der Waals surface area contributed by atoms with Gasteiger partial charge in [-0.1, -0.05) is 41.9 Å². The second kappa shape index (κ2) is 10.8. The van der Waals surface area contributed by atoms with Crippen molar-refractivity contribution in [1.82, 2.24) is 15.5 Å². The van der Waals surface area contributed by atoms with Crippen LogP contribution in [0.3, 0.4) is 0 Å². The fourth-order valence-electron chi connectivity index (χ4n) is 4.07. The van der Waals surface area contributed by atoms with E-state index in [2.05, 4.69) is 15.5 Å². The van der Waals surface area contributed by atoms with Crippen LogP contribution in [0.1, 0.15) is 31.4 Å². The van der Waals surface area contributed by atoms with E-state index >= 15 is 0 Å². The Labute approximate surface area is 189 Å². The van der Waals surface area contributed by atoms with Crippen molar-refractivity contribution in [3.05, 3.63) is 58.6 Å². The van der Waals surface area contributed by atoms with Crippen LogP contribution in [0.25, 0.3) is 0 Å². The first-order chi connectivity index (χ1) is 14.9. The van der Waals surface area contributed by atoms with Crippen LogP contribution < -0.4 is 20.1 Å². The van der Waals surface area contributed by atoms with Crippen molar-refractivity contribution in [2.75, 3.05) is 20.8 Å². The third kappa shape index (κ3) is 5.91. The van der Waals surface area contributed by atoms with Crippen LogP contribution in [-0.4, -0.2) is 49.7 Å². The topological polar surface area (TPSA) is 62.8 Å². The number of rotatable bonds is 9. The zero-order valence-corrected chi connectivity index (χ0v) is 19.4. The number of nitrogens with zero attached hydrogens (tertiary/aromatic N) is 1. The quantitative estimate of drug-likeness (QED) is 0.617. The minimum absolute atomic E-state index is 0.0545. The summed E-state index contributed by atoms with van der Waals surface area (Å²) in [6.45, 7) is 5.98. The Bertz CT molecular complexity index is 890. The van der Waals surface area contributed by atoms with E-state index in [1.165, 1.54) is 0 Å². The summed E-state index contributed by atoms with van der Waals surface area (Å²) in [5.41, 5.74) is 2.05. The van der Waals surface area contributed by atoms with Crippen molar-refractivity contribution in [2.45, 2.75) is 51.5 Å². The lowest BCUT2D eigenvalue weighted by Gasteiger charge is -2.25. The number of carbonyl (C=O) groups is 1. The molecule has 1 fully saturated rings. The first kappa shape index (κ1) is 23.4. The Balaban J connectivity index is 1.76. The summed E-state index contributed by atoms with van der Waals surface area (Å²) in [5.74, 6) is 1.45. The highest BCUT2D eigenvalue weighted by Crippen LogP contribution is 2.33. The van der Waals surface area contributed by atoms with E-state index < -0.39 is 0 Å². The van der Waals surface area contributed by atoms with Gasteiger partial charge in [0.05, 0.1) is 20.3 Å². The van der Waals surface area contributed by atoms with Gasteiger partial charge in [-0.05, 0) is 38.0 Å². The van der Waals surface area contributed by atoms with Crippen molar-refractivity contribution < 1.29 is 14.3 Å². The normalized spacial score (nSPS) is 18.9. The number of amides is 1. The van der Waals surface area contributed by atoms with Crippen LogP contribution in [-0.2, 0) is 17.9 Å². The molecule has 0 aromatic heterocycles. The summed E-state index contributed by atoms with van der Waals surface area (Å²) in [6, 6.07) is 13.7. The molecule has 0 spiro atoms. The molecule has 0 aliphatic carbocycles. The second-order valence-electron chi connectivity index (χ2n) is 8.17. The predicted octanol–water partition coefficient (Wildman–Crippen LogP) is 3.61. The maximum atomic E-state index is 13.0. The Morgan fingerprint density at radius 3 is 2.55 bits per heavy atom. The van der Waals surface area contributed by atoms with Crippen LogP contribution in [0.15, 0.2) is 42.5 Å². The molecule has 0 unspecified atom stereocenters. The lowest BCUT2D eigenvalue weighted by Crippen LogP contribution is -2.45. The van der Waals surface area contributed by atoms with Crippen LogP contribution in [0.2, 0.25) is 5.02 Å². The van der Waals surface area contributed by atoms with E-state index in [1.807, 2.05) is 56.3 Å². The molecule has 1 aliphatic heterocycles. The number of benzene rings is 2. The fraction of sp³-hybridized carbons (Fsp3) is 0.458. The van der Waals surface area contributed by atoms with Gasteiger partial charge in [0.25, 0.3) is 0 Å². The summed E-state index contributed by atoms with van der Waals surface area (Å²) < 4.78 is 11.0. The SMILES string of the molecule is COc1cccc(CN2C[C@@H](NCc3ccccc3Cl)C[C@H]2C(=O)NC(C)C)c1OC. The summed E-state index contributed by atoms with van der Waals surface area (Å²) >= 11 is 6.30. The van der Waals surface area contributed by atoms with Gasteiger partial charge in [-0.2, -0.15) is 0 Å². The first-order valence-corrected chi connectivity index (χ1v) is 11.0. The molecular weight excluding hydrogens is 414 g/mol. The van der Waals surface area contributed by atoms with Crippen LogP contribution in [0, 0.1) is 0 Å². The van der Waals surface area contributed by atoms with Crippen molar-refractivity contribution in [1.29, 1.82) is 0 Å². The molecule has 7 heteroatoms. The van der Waals surface area contributed by atoms with E-state index in [-0.39, 0.29) is 24.0 Å². The molecular formula is C24H32ClN3O3. The number of hydrogen-bond acceptors (Lipinski definition) is 5. The van der Waals surface area contributed by atoms with E-state index in [0.717, 1.165) is 29.1 Å². The third-order valence-electron chi connectivity index (χ3n) is 5.53. The maximum absolute atomic E-state index is 13.0. The molecule has 2 aromatic carbocycles. The molecule has 0 saturated carbocycles. The molecule has 6 nitrogen and oxygen atoms in total. The molecule has 3 rings (SSSR count). The zero-order valence-electron chi connectivity index (χ0n) is 18.7. The standard InChI is InChI=1S/C24H32ClN3O3/c1-16(2)27-24(29)21-12-19(26-13-17-8-5-6-10-20(17)25)15-28(21)14-18-9-7-11-22(30-3)23(18)31-4/h5-11,16,19,21,26H,12-15H2,1-4H3,(H,27,29)/t19-,21-/m0/s1. The maximum Gasteiger partial charge on any atom is 0.237 e. The molecule has 1 aliphatic rings. The molecule has 2 N–H and O–H groups in total. The van der Waals surface area contributed by atoms with Crippen LogP contribution >= 0.6 is 11.6 Å². The monoisotopic (exact) mass is 445 g/mol. The molecule has 31 heavy (non-hydrogen) atoms. The average molecular weight is 446 g/mol. The Morgan fingerprint density at radius 2 is 1.87 bits per heavy atom. The lowest BCUT2D eigenvalue weighted by molar-refractivity contribution is -0.126. The summed E-state index contributed by atoms with van der Waals surface area (Å²) in [5, 5.41) is 7.40. The number of likely N-dealkylation sites (tertiary alicyclic amines) is 1. The highest BCUT2D eigenvalue weighted by molar-refractivity contribution is 6.31.